The molecule has 0 saturated heterocycles. The molecule has 1 aliphatic carbocycles. The van der Waals surface area contributed by atoms with Crippen molar-refractivity contribution in [2.24, 2.45) is 7.05 Å². The summed E-state index contributed by atoms with van der Waals surface area (Å²) < 4.78 is 2.54. The number of nitrogens with zero attached hydrogens (tertiary/aromatic N) is 1. The Bertz CT molecular complexity index is 445. The summed E-state index contributed by atoms with van der Waals surface area (Å²) in [5.41, 5.74) is 2.54. The standard InChI is InChI=1S/C11H12BrNO/c1-13-7-9(8-4-2-3-5-8)10(12)6-11(13)14/h4,6-7H,2-3,5H2,1H3. The third-order valence-electron chi connectivity index (χ3n) is 2.56. The maximum atomic E-state index is 11.3. The zero-order valence-corrected chi connectivity index (χ0v) is 9.67. The maximum absolute atomic E-state index is 11.3. The fourth-order valence-electron chi connectivity index (χ4n) is 1.76. The molecule has 14 heavy (non-hydrogen) atoms. The van der Waals surface area contributed by atoms with Crippen LogP contribution in [0.25, 0.3) is 5.57 Å². The lowest BCUT2D eigenvalue weighted by molar-refractivity contribution is 0.852. The second kappa shape index (κ2) is 3.73. The van der Waals surface area contributed by atoms with Crippen molar-refractivity contribution in [3.05, 3.63) is 38.7 Å². The SMILES string of the molecule is Cn1cc(C2=CCCC2)c(Br)cc1=O. The molecular weight excluding hydrogens is 242 g/mol. The number of rotatable bonds is 1. The molecule has 0 aliphatic heterocycles. The van der Waals surface area contributed by atoms with Crippen LogP contribution >= 0.6 is 15.9 Å². The Balaban J connectivity index is 2.53. The number of pyridine rings is 1. The molecule has 0 unspecified atom stereocenters. The summed E-state index contributed by atoms with van der Waals surface area (Å²) in [4.78, 5) is 11.3. The van der Waals surface area contributed by atoms with Crippen LogP contribution < -0.4 is 5.56 Å². The third-order valence-corrected chi connectivity index (χ3v) is 3.22. The lowest BCUT2D eigenvalue weighted by Gasteiger charge is -2.07. The normalized spacial score (nSPS) is 15.7. The van der Waals surface area contributed by atoms with Crippen molar-refractivity contribution < 1.29 is 0 Å². The summed E-state index contributed by atoms with van der Waals surface area (Å²) in [6.07, 6.45) is 7.67. The zero-order chi connectivity index (χ0) is 10.1. The van der Waals surface area contributed by atoms with Gasteiger partial charge in [-0.3, -0.25) is 4.79 Å². The van der Waals surface area contributed by atoms with Gasteiger partial charge in [0.05, 0.1) is 0 Å². The van der Waals surface area contributed by atoms with E-state index in [1.807, 2.05) is 6.20 Å². The molecule has 0 N–H and O–H groups in total. The van der Waals surface area contributed by atoms with Crippen molar-refractivity contribution in [1.29, 1.82) is 0 Å². The van der Waals surface area contributed by atoms with E-state index in [0.29, 0.717) is 0 Å². The predicted molar refractivity (Wildman–Crippen MR) is 61.2 cm³/mol. The molecule has 0 amide bonds. The molecule has 0 spiro atoms. The predicted octanol–water partition coefficient (Wildman–Crippen LogP) is 2.72. The highest BCUT2D eigenvalue weighted by atomic mass is 79.9. The molecule has 1 aliphatic rings. The lowest BCUT2D eigenvalue weighted by Crippen LogP contribution is -2.15. The maximum Gasteiger partial charge on any atom is 0.251 e. The van der Waals surface area contributed by atoms with Gasteiger partial charge < -0.3 is 4.57 Å². The minimum absolute atomic E-state index is 0.0271. The van der Waals surface area contributed by atoms with Crippen LogP contribution in [0.5, 0.6) is 0 Å². The summed E-state index contributed by atoms with van der Waals surface area (Å²) in [6.45, 7) is 0. The van der Waals surface area contributed by atoms with Gasteiger partial charge in [-0.2, -0.15) is 0 Å². The van der Waals surface area contributed by atoms with Gasteiger partial charge in [-0.05, 0) is 40.8 Å². The first-order valence-corrected chi connectivity index (χ1v) is 5.53. The van der Waals surface area contributed by atoms with Crippen LogP contribution in [0.3, 0.4) is 0 Å². The number of aromatic nitrogens is 1. The first-order valence-electron chi connectivity index (χ1n) is 4.74. The van der Waals surface area contributed by atoms with E-state index in [2.05, 4.69) is 22.0 Å². The van der Waals surface area contributed by atoms with Crippen LogP contribution in [-0.2, 0) is 7.05 Å². The average Bonchev–Trinajstić information content (AvgIpc) is 2.64. The summed E-state index contributed by atoms with van der Waals surface area (Å²) in [7, 11) is 1.79. The van der Waals surface area contributed by atoms with E-state index in [1.54, 1.807) is 17.7 Å². The van der Waals surface area contributed by atoms with Gasteiger partial charge in [0.1, 0.15) is 0 Å². The van der Waals surface area contributed by atoms with Gasteiger partial charge in [-0.15, -0.1) is 0 Å². The van der Waals surface area contributed by atoms with Crippen LogP contribution in [-0.4, -0.2) is 4.57 Å². The molecular formula is C11H12BrNO. The number of allylic oxidation sites excluding steroid dienone is 2. The molecule has 0 bridgehead atoms. The molecule has 0 fully saturated rings. The third kappa shape index (κ3) is 1.69. The van der Waals surface area contributed by atoms with Crippen molar-refractivity contribution >= 4 is 21.5 Å². The molecule has 2 rings (SSSR count). The Morgan fingerprint density at radius 1 is 1.50 bits per heavy atom. The zero-order valence-electron chi connectivity index (χ0n) is 8.09. The molecule has 3 heteroatoms. The summed E-state index contributed by atoms with van der Waals surface area (Å²) in [6, 6.07) is 1.63. The van der Waals surface area contributed by atoms with Crippen molar-refractivity contribution in [3.63, 3.8) is 0 Å². The molecule has 1 aromatic heterocycles. The van der Waals surface area contributed by atoms with Crippen LogP contribution in [0.15, 0.2) is 27.6 Å². The van der Waals surface area contributed by atoms with Crippen molar-refractivity contribution in [3.8, 4) is 0 Å². The number of hydrogen-bond acceptors (Lipinski definition) is 1. The molecule has 0 radical (unpaired) electrons. The van der Waals surface area contributed by atoms with Crippen LogP contribution in [0.2, 0.25) is 0 Å². The Labute approximate surface area is 91.4 Å². The van der Waals surface area contributed by atoms with Gasteiger partial charge in [0, 0.05) is 29.3 Å². The van der Waals surface area contributed by atoms with Gasteiger partial charge in [0.2, 0.25) is 0 Å². The molecule has 0 aromatic carbocycles. The first kappa shape index (κ1) is 9.71. The van der Waals surface area contributed by atoms with Crippen molar-refractivity contribution in [1.82, 2.24) is 4.57 Å². The van der Waals surface area contributed by atoms with E-state index in [0.717, 1.165) is 22.9 Å². The number of halogens is 1. The van der Waals surface area contributed by atoms with Crippen molar-refractivity contribution in [2.45, 2.75) is 19.3 Å². The minimum Gasteiger partial charge on any atom is -0.318 e. The van der Waals surface area contributed by atoms with E-state index >= 15 is 0 Å². The summed E-state index contributed by atoms with van der Waals surface area (Å²) in [5.74, 6) is 0. The van der Waals surface area contributed by atoms with Crippen LogP contribution in [0.4, 0.5) is 0 Å². The fourth-order valence-corrected chi connectivity index (χ4v) is 2.31. The monoisotopic (exact) mass is 253 g/mol. The molecule has 0 atom stereocenters. The van der Waals surface area contributed by atoms with Gasteiger partial charge in [0.15, 0.2) is 0 Å². The lowest BCUT2D eigenvalue weighted by atomic mass is 10.1. The second-order valence-corrected chi connectivity index (χ2v) is 4.46. The fraction of sp³-hybridized carbons (Fsp3) is 0.364. The van der Waals surface area contributed by atoms with E-state index in [9.17, 15) is 4.79 Å². The highest BCUT2D eigenvalue weighted by Gasteiger charge is 2.11. The van der Waals surface area contributed by atoms with Gasteiger partial charge in [0.25, 0.3) is 5.56 Å². The minimum atomic E-state index is 0.0271. The summed E-state index contributed by atoms with van der Waals surface area (Å²) in [5, 5.41) is 0. The largest absolute Gasteiger partial charge is 0.318 e. The smallest absolute Gasteiger partial charge is 0.251 e. The Morgan fingerprint density at radius 2 is 2.29 bits per heavy atom. The molecule has 1 aromatic rings. The van der Waals surface area contributed by atoms with Crippen LogP contribution in [0, 0.1) is 0 Å². The van der Waals surface area contributed by atoms with E-state index < -0.39 is 0 Å². The average molecular weight is 254 g/mol. The second-order valence-electron chi connectivity index (χ2n) is 3.61. The number of aryl methyl sites for hydroxylation is 1. The van der Waals surface area contributed by atoms with Gasteiger partial charge >= 0.3 is 0 Å². The van der Waals surface area contributed by atoms with E-state index in [-0.39, 0.29) is 5.56 Å². The number of hydrogen-bond donors (Lipinski definition) is 0. The molecule has 1 heterocycles. The molecule has 2 nitrogen and oxygen atoms in total. The highest BCUT2D eigenvalue weighted by Crippen LogP contribution is 2.31. The van der Waals surface area contributed by atoms with Gasteiger partial charge in [-0.25, -0.2) is 0 Å². The Hall–Kier alpha value is -0.830. The van der Waals surface area contributed by atoms with Crippen molar-refractivity contribution in [2.75, 3.05) is 0 Å². The van der Waals surface area contributed by atoms with Gasteiger partial charge in [-0.1, -0.05) is 6.08 Å². The Morgan fingerprint density at radius 3 is 2.93 bits per heavy atom. The quantitative estimate of drug-likeness (QED) is 0.755. The summed E-state index contributed by atoms with van der Waals surface area (Å²) >= 11 is 3.44. The molecule has 0 saturated carbocycles. The molecule has 74 valence electrons. The highest BCUT2D eigenvalue weighted by molar-refractivity contribution is 9.10. The van der Waals surface area contributed by atoms with E-state index in [4.69, 9.17) is 0 Å². The first-order chi connectivity index (χ1) is 6.68. The van der Waals surface area contributed by atoms with E-state index in [1.165, 1.54) is 12.0 Å². The Kier molecular flexibility index (Phi) is 2.59. The van der Waals surface area contributed by atoms with Crippen LogP contribution in [0.1, 0.15) is 24.8 Å². The topological polar surface area (TPSA) is 22.0 Å².